The number of carbonyl (C=O) groups excluding carboxylic acids is 1. The van der Waals surface area contributed by atoms with Gasteiger partial charge in [-0.2, -0.15) is 4.31 Å². The molecule has 2 rings (SSSR count). The zero-order chi connectivity index (χ0) is 19.2. The van der Waals surface area contributed by atoms with Gasteiger partial charge in [-0.1, -0.05) is 20.8 Å². The maximum absolute atomic E-state index is 12.7. The number of benzene rings is 1. The summed E-state index contributed by atoms with van der Waals surface area (Å²) in [7, 11) is -3.47. The van der Waals surface area contributed by atoms with Crippen molar-refractivity contribution in [1.29, 1.82) is 0 Å². The lowest BCUT2D eigenvalue weighted by atomic mass is 10.0. The highest BCUT2D eigenvalue weighted by atomic mass is 32.2. The summed E-state index contributed by atoms with van der Waals surface area (Å²) in [5.74, 6) is 0.400. The highest BCUT2D eigenvalue weighted by Crippen LogP contribution is 2.23. The maximum atomic E-state index is 12.7. The molecule has 0 aromatic heterocycles. The second-order valence-electron chi connectivity index (χ2n) is 6.89. The van der Waals surface area contributed by atoms with E-state index in [0.29, 0.717) is 31.1 Å². The highest BCUT2D eigenvalue weighted by molar-refractivity contribution is 7.89. The summed E-state index contributed by atoms with van der Waals surface area (Å²) in [4.78, 5) is 14.7. The molecule has 0 bridgehead atoms. The van der Waals surface area contributed by atoms with Crippen LogP contribution in [0.4, 0.5) is 0 Å². The molecule has 0 saturated carbocycles. The van der Waals surface area contributed by atoms with E-state index in [1.54, 1.807) is 16.4 Å². The van der Waals surface area contributed by atoms with E-state index in [4.69, 9.17) is 0 Å². The highest BCUT2D eigenvalue weighted by Gasteiger charge is 2.28. The second-order valence-corrected chi connectivity index (χ2v) is 8.83. The van der Waals surface area contributed by atoms with Crippen LogP contribution in [0, 0.1) is 5.92 Å². The lowest BCUT2D eigenvalue weighted by Crippen LogP contribution is -2.37. The fourth-order valence-corrected chi connectivity index (χ4v) is 4.59. The van der Waals surface area contributed by atoms with Gasteiger partial charge in [-0.3, -0.25) is 4.79 Å². The third kappa shape index (κ3) is 5.28. The molecule has 1 heterocycles. The van der Waals surface area contributed by atoms with Gasteiger partial charge in [0.2, 0.25) is 10.0 Å². The van der Waals surface area contributed by atoms with Crippen LogP contribution in [-0.4, -0.2) is 62.8 Å². The van der Waals surface area contributed by atoms with E-state index in [2.05, 4.69) is 31.0 Å². The molecule has 1 N–H and O–H groups in total. The SMILES string of the molecule is CCN(CC)CCNC(=O)c1ccc(S(=O)(=O)N2CCC(C)CC2)cc1. The predicted octanol–water partition coefficient (Wildman–Crippen LogP) is 2.18. The lowest BCUT2D eigenvalue weighted by molar-refractivity contribution is 0.0949. The van der Waals surface area contributed by atoms with Crippen molar-refractivity contribution in [3.63, 3.8) is 0 Å². The molecule has 146 valence electrons. The number of piperidine rings is 1. The van der Waals surface area contributed by atoms with E-state index < -0.39 is 10.0 Å². The van der Waals surface area contributed by atoms with Gasteiger partial charge in [0.15, 0.2) is 0 Å². The first kappa shape index (κ1) is 20.9. The molecule has 1 amide bonds. The average molecular weight is 382 g/mol. The Morgan fingerprint density at radius 3 is 2.27 bits per heavy atom. The fraction of sp³-hybridized carbons (Fsp3) is 0.632. The molecule has 7 heteroatoms. The average Bonchev–Trinajstić information content (AvgIpc) is 2.65. The van der Waals surface area contributed by atoms with Crippen LogP contribution in [0.3, 0.4) is 0 Å². The summed E-state index contributed by atoms with van der Waals surface area (Å²) in [6.07, 6.45) is 1.79. The van der Waals surface area contributed by atoms with Gasteiger partial charge in [-0.25, -0.2) is 8.42 Å². The molecule has 1 aromatic carbocycles. The number of nitrogens with zero attached hydrogens (tertiary/aromatic N) is 2. The normalized spacial score (nSPS) is 16.8. The van der Waals surface area contributed by atoms with Crippen LogP contribution in [0.5, 0.6) is 0 Å². The molecule has 0 atom stereocenters. The number of sulfonamides is 1. The fourth-order valence-electron chi connectivity index (χ4n) is 3.12. The Morgan fingerprint density at radius 2 is 1.73 bits per heavy atom. The van der Waals surface area contributed by atoms with Crippen molar-refractivity contribution in [3.8, 4) is 0 Å². The van der Waals surface area contributed by atoms with Gasteiger partial charge >= 0.3 is 0 Å². The molecule has 6 nitrogen and oxygen atoms in total. The smallest absolute Gasteiger partial charge is 0.251 e. The van der Waals surface area contributed by atoms with Crippen LogP contribution < -0.4 is 5.32 Å². The zero-order valence-corrected chi connectivity index (χ0v) is 16.9. The summed E-state index contributed by atoms with van der Waals surface area (Å²) in [6.45, 7) is 10.8. The van der Waals surface area contributed by atoms with Crippen molar-refractivity contribution in [2.45, 2.75) is 38.5 Å². The van der Waals surface area contributed by atoms with E-state index >= 15 is 0 Å². The molecule has 26 heavy (non-hydrogen) atoms. The minimum atomic E-state index is -3.47. The molecule has 1 saturated heterocycles. The third-order valence-electron chi connectivity index (χ3n) is 5.10. The molecule has 0 aliphatic carbocycles. The Hall–Kier alpha value is -1.44. The number of hydrogen-bond donors (Lipinski definition) is 1. The summed E-state index contributed by atoms with van der Waals surface area (Å²) >= 11 is 0. The van der Waals surface area contributed by atoms with E-state index in [1.165, 1.54) is 12.1 Å². The summed E-state index contributed by atoms with van der Waals surface area (Å²) in [5, 5.41) is 2.88. The minimum absolute atomic E-state index is 0.173. The van der Waals surface area contributed by atoms with Crippen molar-refractivity contribution < 1.29 is 13.2 Å². The van der Waals surface area contributed by atoms with Crippen molar-refractivity contribution in [3.05, 3.63) is 29.8 Å². The number of likely N-dealkylation sites (N-methyl/N-ethyl adjacent to an activating group) is 1. The van der Waals surface area contributed by atoms with Gasteiger partial charge < -0.3 is 10.2 Å². The number of carbonyl (C=O) groups is 1. The van der Waals surface area contributed by atoms with Crippen molar-refractivity contribution in [2.75, 3.05) is 39.3 Å². The molecular formula is C19H31N3O3S. The predicted molar refractivity (Wildman–Crippen MR) is 104 cm³/mol. The van der Waals surface area contributed by atoms with Crippen molar-refractivity contribution in [2.24, 2.45) is 5.92 Å². The summed E-state index contributed by atoms with van der Waals surface area (Å²) < 4.78 is 27.0. The van der Waals surface area contributed by atoms with Crippen LogP contribution in [0.1, 0.15) is 44.0 Å². The van der Waals surface area contributed by atoms with Crippen LogP contribution in [0.15, 0.2) is 29.2 Å². The first-order valence-corrected chi connectivity index (χ1v) is 10.9. The van der Waals surface area contributed by atoms with E-state index in [9.17, 15) is 13.2 Å². The van der Waals surface area contributed by atoms with Gasteiger partial charge in [0.05, 0.1) is 4.90 Å². The van der Waals surface area contributed by atoms with Crippen LogP contribution in [0.2, 0.25) is 0 Å². The monoisotopic (exact) mass is 381 g/mol. The largest absolute Gasteiger partial charge is 0.351 e. The summed E-state index contributed by atoms with van der Waals surface area (Å²) in [5.41, 5.74) is 0.482. The first-order valence-electron chi connectivity index (χ1n) is 9.49. The van der Waals surface area contributed by atoms with Crippen LogP contribution in [-0.2, 0) is 10.0 Å². The molecule has 0 spiro atoms. The van der Waals surface area contributed by atoms with Gasteiger partial charge in [0.1, 0.15) is 0 Å². The second kappa shape index (κ2) is 9.48. The topological polar surface area (TPSA) is 69.7 Å². The maximum Gasteiger partial charge on any atom is 0.251 e. The Labute approximate surface area is 157 Å². The molecule has 0 radical (unpaired) electrons. The van der Waals surface area contributed by atoms with Crippen molar-refractivity contribution >= 4 is 15.9 Å². The molecule has 1 aliphatic rings. The molecule has 1 aliphatic heterocycles. The minimum Gasteiger partial charge on any atom is -0.351 e. The number of rotatable bonds is 8. The first-order chi connectivity index (χ1) is 12.4. The van der Waals surface area contributed by atoms with Gasteiger partial charge in [0, 0.05) is 31.7 Å². The number of amides is 1. The third-order valence-corrected chi connectivity index (χ3v) is 7.02. The van der Waals surface area contributed by atoms with Gasteiger partial charge in [-0.05, 0) is 56.1 Å². The van der Waals surface area contributed by atoms with Crippen LogP contribution >= 0.6 is 0 Å². The quantitative estimate of drug-likeness (QED) is 0.749. The van der Waals surface area contributed by atoms with Gasteiger partial charge in [-0.15, -0.1) is 0 Å². The number of hydrogen-bond acceptors (Lipinski definition) is 4. The Kier molecular flexibility index (Phi) is 7.61. The zero-order valence-electron chi connectivity index (χ0n) is 16.1. The molecular weight excluding hydrogens is 350 g/mol. The Bertz CT molecular complexity index is 676. The van der Waals surface area contributed by atoms with Crippen LogP contribution in [0.25, 0.3) is 0 Å². The van der Waals surface area contributed by atoms with E-state index in [-0.39, 0.29) is 10.8 Å². The van der Waals surface area contributed by atoms with E-state index in [1.807, 2.05) is 0 Å². The molecule has 1 fully saturated rings. The molecule has 1 aromatic rings. The van der Waals surface area contributed by atoms with E-state index in [0.717, 1.165) is 32.5 Å². The van der Waals surface area contributed by atoms with Crippen molar-refractivity contribution in [1.82, 2.24) is 14.5 Å². The standard InChI is InChI=1S/C19H31N3O3S/c1-4-21(5-2)15-12-20-19(23)17-6-8-18(9-7-17)26(24,25)22-13-10-16(3)11-14-22/h6-9,16H,4-5,10-15H2,1-3H3,(H,20,23). The molecule has 0 unspecified atom stereocenters. The Balaban J connectivity index is 1.95. The Morgan fingerprint density at radius 1 is 1.15 bits per heavy atom. The van der Waals surface area contributed by atoms with Gasteiger partial charge in [0.25, 0.3) is 5.91 Å². The number of nitrogens with one attached hydrogen (secondary N) is 1. The lowest BCUT2D eigenvalue weighted by Gasteiger charge is -2.29. The summed E-state index contributed by atoms with van der Waals surface area (Å²) in [6, 6.07) is 6.25.